The molecule has 4 rings (SSSR count). The molecule has 1 unspecified atom stereocenters. The van der Waals surface area contributed by atoms with Crippen molar-refractivity contribution >= 4 is 17.5 Å². The summed E-state index contributed by atoms with van der Waals surface area (Å²) in [5.74, 6) is -0.0645. The van der Waals surface area contributed by atoms with E-state index in [1.165, 1.54) is 18.5 Å². The number of nitrogens with zero attached hydrogens (tertiary/aromatic N) is 5. The third-order valence-electron chi connectivity index (χ3n) is 7.22. The molecule has 0 saturated carbocycles. The second kappa shape index (κ2) is 11.9. The highest BCUT2D eigenvalue weighted by molar-refractivity contribution is 6.01. The topological polar surface area (TPSA) is 137 Å². The Morgan fingerprint density at radius 2 is 1.93 bits per heavy atom. The lowest BCUT2D eigenvalue weighted by atomic mass is 9.92. The zero-order valence-electron chi connectivity index (χ0n) is 22.4. The van der Waals surface area contributed by atoms with E-state index in [1.54, 1.807) is 7.11 Å². The molecule has 218 valence electrons. The molecule has 0 spiro atoms. The first-order valence-corrected chi connectivity index (χ1v) is 13.0. The van der Waals surface area contributed by atoms with Crippen LogP contribution in [-0.2, 0) is 11.3 Å². The van der Waals surface area contributed by atoms with Gasteiger partial charge in [0.1, 0.15) is 29.4 Å². The smallest absolute Gasteiger partial charge is 0.383 e. The van der Waals surface area contributed by atoms with Crippen LogP contribution in [0.1, 0.15) is 53.5 Å². The monoisotopic (exact) mass is 566 g/mol. The van der Waals surface area contributed by atoms with Crippen LogP contribution in [0.15, 0.2) is 36.8 Å². The number of ether oxygens (including phenoxy) is 1. The third kappa shape index (κ3) is 6.28. The summed E-state index contributed by atoms with van der Waals surface area (Å²) in [6.07, 6.45) is 2.92. The van der Waals surface area contributed by atoms with Crippen molar-refractivity contribution in [1.29, 1.82) is 0 Å². The Balaban J connectivity index is 1.53. The molecule has 5 N–H and O–H groups in total. The summed E-state index contributed by atoms with van der Waals surface area (Å²) < 4.78 is 60.8. The number of imidazole rings is 1. The van der Waals surface area contributed by atoms with E-state index in [2.05, 4.69) is 15.3 Å². The first-order valence-electron chi connectivity index (χ1n) is 13.0. The second-order valence-electron chi connectivity index (χ2n) is 10.1. The molecule has 1 aliphatic carbocycles. The van der Waals surface area contributed by atoms with E-state index in [9.17, 15) is 22.4 Å². The quantitative estimate of drug-likeness (QED) is 0.295. The molecular weight excluding hydrogens is 532 g/mol. The summed E-state index contributed by atoms with van der Waals surface area (Å²) in [6, 6.07) is 0.128. The highest BCUT2D eigenvalue weighted by Gasteiger charge is 2.53. The van der Waals surface area contributed by atoms with Crippen molar-refractivity contribution in [2.75, 3.05) is 44.0 Å². The maximum atomic E-state index is 14.3. The highest BCUT2D eigenvalue weighted by Crippen LogP contribution is 2.41. The van der Waals surface area contributed by atoms with Crippen LogP contribution in [0.25, 0.3) is 0 Å². The largest absolute Gasteiger partial charge is 0.429 e. The molecule has 1 amide bonds. The Kier molecular flexibility index (Phi) is 8.78. The third-order valence-corrected chi connectivity index (χ3v) is 7.22. The molecule has 2 aromatic rings. The number of aromatic nitrogens is 4. The number of anilines is 2. The van der Waals surface area contributed by atoms with Crippen molar-refractivity contribution in [1.82, 2.24) is 24.8 Å². The Hall–Kier alpha value is -3.52. The van der Waals surface area contributed by atoms with Gasteiger partial charge in [0.25, 0.3) is 5.91 Å². The summed E-state index contributed by atoms with van der Waals surface area (Å²) in [4.78, 5) is 26.8. The minimum Gasteiger partial charge on any atom is -0.383 e. The molecule has 1 fully saturated rings. The van der Waals surface area contributed by atoms with Crippen LogP contribution in [0.4, 0.5) is 29.2 Å². The van der Waals surface area contributed by atoms with Crippen LogP contribution < -0.4 is 21.7 Å². The molecule has 0 aromatic carbocycles. The zero-order valence-corrected chi connectivity index (χ0v) is 22.4. The Morgan fingerprint density at radius 3 is 2.52 bits per heavy atom. The van der Waals surface area contributed by atoms with Crippen molar-refractivity contribution in [2.24, 2.45) is 5.73 Å². The lowest BCUT2D eigenvalue weighted by Gasteiger charge is -2.33. The molecule has 14 heteroatoms. The van der Waals surface area contributed by atoms with Crippen molar-refractivity contribution in [3.05, 3.63) is 53.9 Å². The molecule has 3 heterocycles. The van der Waals surface area contributed by atoms with Gasteiger partial charge in [-0.1, -0.05) is 12.2 Å². The molecule has 0 radical (unpaired) electrons. The van der Waals surface area contributed by atoms with E-state index in [0.29, 0.717) is 69.3 Å². The van der Waals surface area contributed by atoms with Gasteiger partial charge < -0.3 is 31.0 Å². The van der Waals surface area contributed by atoms with E-state index in [4.69, 9.17) is 21.2 Å². The average Bonchev–Trinajstić information content (AvgIpc) is 3.32. The molecule has 2 aliphatic rings. The predicted octanol–water partition coefficient (Wildman–Crippen LogP) is 2.84. The number of nitrogen functional groups attached to an aromatic ring is 1. The summed E-state index contributed by atoms with van der Waals surface area (Å²) >= 11 is 0. The van der Waals surface area contributed by atoms with Crippen molar-refractivity contribution in [3.63, 3.8) is 0 Å². The van der Waals surface area contributed by atoms with E-state index in [1.807, 2.05) is 22.6 Å². The fourth-order valence-electron chi connectivity index (χ4n) is 5.07. The van der Waals surface area contributed by atoms with Gasteiger partial charge >= 0.3 is 6.18 Å². The molecular formula is C26H34F4N8O2. The van der Waals surface area contributed by atoms with Gasteiger partial charge in [-0.25, -0.2) is 19.3 Å². The van der Waals surface area contributed by atoms with Gasteiger partial charge in [-0.05, 0) is 31.9 Å². The van der Waals surface area contributed by atoms with Crippen LogP contribution in [0, 0.1) is 0 Å². The maximum Gasteiger partial charge on any atom is 0.429 e. The molecule has 2 aromatic heterocycles. The van der Waals surface area contributed by atoms with E-state index >= 15 is 0 Å². The number of nitrogens with two attached hydrogens (primary N) is 2. The average molecular weight is 567 g/mol. The lowest BCUT2D eigenvalue weighted by molar-refractivity contribution is -0.195. The Bertz CT molecular complexity index is 1240. The molecule has 10 nitrogen and oxygen atoms in total. The van der Waals surface area contributed by atoms with E-state index < -0.39 is 23.7 Å². The number of alkyl halides is 4. The lowest BCUT2D eigenvalue weighted by Crippen LogP contribution is -2.38. The minimum atomic E-state index is -5.03. The predicted molar refractivity (Wildman–Crippen MR) is 142 cm³/mol. The number of halogens is 4. The second-order valence-corrected chi connectivity index (χ2v) is 10.1. The van der Waals surface area contributed by atoms with Gasteiger partial charge in [-0.3, -0.25) is 4.79 Å². The standard InChI is InChI=1S/C26H34F4N8O2/c1-16(14-40-2)33-9-12-38-13-19(17-3-7-25(27,8-4-17)26(28,29)30)36-23(38)18-5-10-37(11-6-18)24-20(22(32)39)21(31)34-15-35-24/h3-4,7-8,13,15-18,33H,5-6,9-12,14H2,1-2H3,(H2,32,39)(H2,31,34,35). The molecule has 1 atom stereocenters. The summed E-state index contributed by atoms with van der Waals surface area (Å²) in [7, 11) is 1.63. The normalized spacial score (nSPS) is 22.6. The number of amides is 1. The number of hydrogen-bond acceptors (Lipinski definition) is 8. The molecule has 1 saturated heterocycles. The maximum absolute atomic E-state index is 14.3. The minimum absolute atomic E-state index is 0.0198. The van der Waals surface area contributed by atoms with Crippen LogP contribution in [0.2, 0.25) is 0 Å². The highest BCUT2D eigenvalue weighted by atomic mass is 19.4. The van der Waals surface area contributed by atoms with E-state index in [0.717, 1.165) is 5.82 Å². The van der Waals surface area contributed by atoms with E-state index in [-0.39, 0.29) is 23.3 Å². The summed E-state index contributed by atoms with van der Waals surface area (Å²) in [6.45, 7) is 4.83. The van der Waals surface area contributed by atoms with Gasteiger partial charge in [-0.2, -0.15) is 13.2 Å². The van der Waals surface area contributed by atoms with Gasteiger partial charge in [-0.15, -0.1) is 0 Å². The first-order chi connectivity index (χ1) is 18.9. The fraction of sp³-hybridized carbons (Fsp3) is 0.538. The SMILES string of the molecule is COCC(C)NCCn1cc(C2C=CC(F)(C(F)(F)F)C=C2)nc1C1CCN(c2ncnc(N)c2C(N)=O)CC1. The number of rotatable bonds is 10. The van der Waals surface area contributed by atoms with Crippen LogP contribution in [0.3, 0.4) is 0 Å². The number of allylic oxidation sites excluding steroid dienone is 4. The number of methoxy groups -OCH3 is 1. The molecule has 40 heavy (non-hydrogen) atoms. The molecule has 1 aliphatic heterocycles. The Labute approximate surface area is 229 Å². The first kappa shape index (κ1) is 29.5. The van der Waals surface area contributed by atoms with Crippen LogP contribution in [-0.4, -0.2) is 76.7 Å². The van der Waals surface area contributed by atoms with Crippen LogP contribution >= 0.6 is 0 Å². The zero-order chi connectivity index (χ0) is 29.1. The van der Waals surface area contributed by atoms with Gasteiger partial charge in [0, 0.05) is 57.4 Å². The Morgan fingerprint density at radius 1 is 1.25 bits per heavy atom. The number of carbonyl (C=O) groups excluding carboxylic acids is 1. The van der Waals surface area contributed by atoms with Crippen LogP contribution in [0.5, 0.6) is 0 Å². The summed E-state index contributed by atoms with van der Waals surface area (Å²) in [5, 5.41) is 3.37. The van der Waals surface area contributed by atoms with Gasteiger partial charge in [0.05, 0.1) is 12.3 Å². The van der Waals surface area contributed by atoms with Gasteiger partial charge in [0.15, 0.2) is 0 Å². The number of primary amides is 1. The van der Waals surface area contributed by atoms with Crippen molar-refractivity contribution < 1.29 is 27.1 Å². The van der Waals surface area contributed by atoms with Crippen molar-refractivity contribution in [3.8, 4) is 0 Å². The molecule has 0 bridgehead atoms. The number of piperidine rings is 1. The summed E-state index contributed by atoms with van der Waals surface area (Å²) in [5.41, 5.74) is 8.51. The fourth-order valence-corrected chi connectivity index (χ4v) is 5.07. The number of nitrogens with one attached hydrogen (secondary N) is 1. The number of hydrogen-bond donors (Lipinski definition) is 3. The van der Waals surface area contributed by atoms with Gasteiger partial charge in [0.2, 0.25) is 5.67 Å². The van der Waals surface area contributed by atoms with Crippen molar-refractivity contribution in [2.45, 2.75) is 56.0 Å². The number of carbonyl (C=O) groups is 1.